The molecule has 1 aliphatic heterocycles. The van der Waals surface area contributed by atoms with Crippen LogP contribution in [0.25, 0.3) is 0 Å². The summed E-state index contributed by atoms with van der Waals surface area (Å²) in [7, 11) is 3.50. The second-order valence-electron chi connectivity index (χ2n) is 5.45. The average molecular weight is 328 g/mol. The molecule has 5 nitrogen and oxygen atoms in total. The maximum absolute atomic E-state index is 13.2. The highest BCUT2D eigenvalue weighted by molar-refractivity contribution is 6.31. The van der Waals surface area contributed by atoms with Gasteiger partial charge in [0.1, 0.15) is 5.82 Å². The summed E-state index contributed by atoms with van der Waals surface area (Å²) in [6.07, 6.45) is 0. The van der Waals surface area contributed by atoms with Crippen LogP contribution in [0.15, 0.2) is 18.2 Å². The van der Waals surface area contributed by atoms with E-state index >= 15 is 0 Å². The summed E-state index contributed by atoms with van der Waals surface area (Å²) in [5, 5.41) is 2.54. The lowest BCUT2D eigenvalue weighted by Gasteiger charge is -2.23. The van der Waals surface area contributed by atoms with Crippen molar-refractivity contribution in [2.24, 2.45) is 5.92 Å². The summed E-state index contributed by atoms with van der Waals surface area (Å²) in [6, 6.07) is 3.91. The largest absolute Gasteiger partial charge is 0.359 e. The van der Waals surface area contributed by atoms with E-state index in [-0.39, 0.29) is 22.8 Å². The zero-order valence-electron chi connectivity index (χ0n) is 12.6. The minimum atomic E-state index is -0.558. The molecule has 7 heteroatoms. The van der Waals surface area contributed by atoms with Gasteiger partial charge >= 0.3 is 0 Å². The number of hydrogen-bond acceptors (Lipinski definition) is 3. The van der Waals surface area contributed by atoms with E-state index < -0.39 is 5.82 Å². The number of likely N-dealkylation sites (N-methyl/N-ethyl adjacent to an activating group) is 1. The average Bonchev–Trinajstić information content (AvgIpc) is 2.70. The predicted molar refractivity (Wildman–Crippen MR) is 82.4 cm³/mol. The first kappa shape index (κ1) is 16.7. The lowest BCUT2D eigenvalue weighted by Crippen LogP contribution is -2.41. The Morgan fingerprint density at radius 1 is 1.32 bits per heavy atom. The molecular formula is C15H19ClFN3O2. The van der Waals surface area contributed by atoms with Crippen LogP contribution in [0, 0.1) is 11.7 Å². The van der Waals surface area contributed by atoms with Gasteiger partial charge in [0.25, 0.3) is 5.91 Å². The van der Waals surface area contributed by atoms with Gasteiger partial charge in [-0.2, -0.15) is 0 Å². The maximum atomic E-state index is 13.2. The number of nitrogens with zero attached hydrogens (tertiary/aromatic N) is 2. The highest BCUT2D eigenvalue weighted by Crippen LogP contribution is 2.19. The Bertz CT molecular complexity index is 582. The van der Waals surface area contributed by atoms with Crippen LogP contribution in [-0.2, 0) is 4.79 Å². The van der Waals surface area contributed by atoms with E-state index in [2.05, 4.69) is 5.32 Å². The molecule has 0 spiro atoms. The lowest BCUT2D eigenvalue weighted by atomic mass is 10.1. The third-order valence-corrected chi connectivity index (χ3v) is 4.09. The van der Waals surface area contributed by atoms with Crippen LogP contribution in [0.5, 0.6) is 0 Å². The molecule has 22 heavy (non-hydrogen) atoms. The van der Waals surface area contributed by atoms with Crippen LogP contribution < -0.4 is 5.32 Å². The molecule has 1 aromatic rings. The number of halogens is 2. The molecule has 1 heterocycles. The summed E-state index contributed by atoms with van der Waals surface area (Å²) in [5.74, 6) is -1.19. The van der Waals surface area contributed by atoms with Crippen molar-refractivity contribution in [3.05, 3.63) is 34.6 Å². The molecule has 2 rings (SSSR count). The summed E-state index contributed by atoms with van der Waals surface area (Å²) in [4.78, 5) is 28.1. The minimum Gasteiger partial charge on any atom is -0.359 e. The fraction of sp³-hybridized carbons (Fsp3) is 0.467. The molecule has 120 valence electrons. The molecule has 1 aromatic carbocycles. The van der Waals surface area contributed by atoms with Crippen molar-refractivity contribution in [1.29, 1.82) is 0 Å². The van der Waals surface area contributed by atoms with Crippen LogP contribution in [0.4, 0.5) is 4.39 Å². The lowest BCUT2D eigenvalue weighted by molar-refractivity contribution is -0.125. The Balaban J connectivity index is 2.19. The van der Waals surface area contributed by atoms with Crippen molar-refractivity contribution in [2.75, 3.05) is 40.3 Å². The molecule has 1 atom stereocenters. The third-order valence-electron chi connectivity index (χ3n) is 3.80. The monoisotopic (exact) mass is 327 g/mol. The minimum absolute atomic E-state index is 0.0827. The fourth-order valence-corrected chi connectivity index (χ4v) is 2.72. The summed E-state index contributed by atoms with van der Waals surface area (Å²) in [5.41, 5.74) is 0.326. The fourth-order valence-electron chi connectivity index (χ4n) is 2.54. The van der Waals surface area contributed by atoms with Gasteiger partial charge in [0.2, 0.25) is 5.91 Å². The number of hydrogen-bond donors (Lipinski definition) is 1. The smallest absolute Gasteiger partial charge is 0.253 e. The normalized spacial score (nSPS) is 19.6. The van der Waals surface area contributed by atoms with E-state index in [0.717, 1.165) is 0 Å². The van der Waals surface area contributed by atoms with Crippen LogP contribution in [0.2, 0.25) is 5.02 Å². The van der Waals surface area contributed by atoms with Gasteiger partial charge in [-0.15, -0.1) is 0 Å². The third kappa shape index (κ3) is 3.75. The number of nitrogens with one attached hydrogen (secondary N) is 1. The predicted octanol–water partition coefficient (Wildman–Crippen LogP) is 1.23. The van der Waals surface area contributed by atoms with Gasteiger partial charge in [-0.1, -0.05) is 11.6 Å². The first-order valence-electron chi connectivity index (χ1n) is 7.07. The molecule has 1 fully saturated rings. The number of carbonyl (C=O) groups is 2. The number of benzene rings is 1. The highest BCUT2D eigenvalue weighted by Gasteiger charge is 2.29. The van der Waals surface area contributed by atoms with E-state index in [4.69, 9.17) is 11.6 Å². The molecule has 0 aromatic heterocycles. The first-order valence-corrected chi connectivity index (χ1v) is 7.44. The Labute approximate surface area is 134 Å². The Kier molecular flexibility index (Phi) is 5.37. The Morgan fingerprint density at radius 2 is 2.05 bits per heavy atom. The Hall–Kier alpha value is -1.66. The van der Waals surface area contributed by atoms with Gasteiger partial charge in [-0.25, -0.2) is 4.39 Å². The van der Waals surface area contributed by atoms with Gasteiger partial charge in [-0.05, 0) is 25.2 Å². The van der Waals surface area contributed by atoms with Crippen LogP contribution in [0.3, 0.4) is 0 Å². The van der Waals surface area contributed by atoms with Crippen molar-refractivity contribution < 1.29 is 14.0 Å². The molecular weight excluding hydrogens is 309 g/mol. The number of carbonyl (C=O) groups excluding carboxylic acids is 2. The van der Waals surface area contributed by atoms with Crippen LogP contribution in [0.1, 0.15) is 10.4 Å². The second-order valence-corrected chi connectivity index (χ2v) is 5.86. The molecule has 2 amide bonds. The zero-order chi connectivity index (χ0) is 16.3. The Morgan fingerprint density at radius 3 is 2.68 bits per heavy atom. The second kappa shape index (κ2) is 7.07. The van der Waals surface area contributed by atoms with Gasteiger partial charge in [0, 0.05) is 38.8 Å². The van der Waals surface area contributed by atoms with Crippen molar-refractivity contribution >= 4 is 23.4 Å². The number of amides is 2. The van der Waals surface area contributed by atoms with E-state index in [0.29, 0.717) is 31.7 Å². The van der Waals surface area contributed by atoms with E-state index in [1.165, 1.54) is 18.2 Å². The van der Waals surface area contributed by atoms with Crippen LogP contribution >= 0.6 is 11.6 Å². The van der Waals surface area contributed by atoms with Gasteiger partial charge < -0.3 is 15.1 Å². The van der Waals surface area contributed by atoms with Gasteiger partial charge in [0.15, 0.2) is 0 Å². The van der Waals surface area contributed by atoms with Crippen molar-refractivity contribution in [3.8, 4) is 0 Å². The van der Waals surface area contributed by atoms with E-state index in [1.54, 1.807) is 11.9 Å². The van der Waals surface area contributed by atoms with Crippen molar-refractivity contribution in [3.63, 3.8) is 0 Å². The summed E-state index contributed by atoms with van der Waals surface area (Å²) >= 11 is 5.74. The zero-order valence-corrected chi connectivity index (χ0v) is 13.4. The SMILES string of the molecule is CNC(=O)[C@H]1CN(C)CCN(C(=O)c2ccc(F)c(Cl)c2)C1. The van der Waals surface area contributed by atoms with Gasteiger partial charge in [-0.3, -0.25) is 9.59 Å². The molecule has 1 aliphatic rings. The standard InChI is InChI=1S/C15H19ClFN3O2/c1-18-14(21)11-8-19(2)5-6-20(9-11)15(22)10-3-4-13(17)12(16)7-10/h3-4,7,11H,5-6,8-9H2,1-2H3,(H,18,21)/t11-/m0/s1. The number of rotatable bonds is 2. The molecule has 0 bridgehead atoms. The molecule has 0 unspecified atom stereocenters. The summed E-state index contributed by atoms with van der Waals surface area (Å²) < 4.78 is 13.2. The van der Waals surface area contributed by atoms with E-state index in [1.807, 2.05) is 11.9 Å². The highest BCUT2D eigenvalue weighted by atomic mass is 35.5. The van der Waals surface area contributed by atoms with Crippen molar-refractivity contribution in [2.45, 2.75) is 0 Å². The quantitative estimate of drug-likeness (QED) is 0.889. The topological polar surface area (TPSA) is 52.7 Å². The van der Waals surface area contributed by atoms with Crippen molar-refractivity contribution in [1.82, 2.24) is 15.1 Å². The molecule has 1 saturated heterocycles. The van der Waals surface area contributed by atoms with Gasteiger partial charge in [0.05, 0.1) is 10.9 Å². The molecule has 1 N–H and O–H groups in total. The molecule has 0 aliphatic carbocycles. The van der Waals surface area contributed by atoms with E-state index in [9.17, 15) is 14.0 Å². The maximum Gasteiger partial charge on any atom is 0.253 e. The van der Waals surface area contributed by atoms with Crippen LogP contribution in [-0.4, -0.2) is 61.9 Å². The molecule has 0 radical (unpaired) electrons. The first-order chi connectivity index (χ1) is 10.4. The molecule has 0 saturated carbocycles. The summed E-state index contributed by atoms with van der Waals surface area (Å²) in [6.45, 7) is 2.11.